The molecule has 1 aliphatic carbocycles. The first-order valence-electron chi connectivity index (χ1n) is 10.6. The zero-order chi connectivity index (χ0) is 19.8. The van der Waals surface area contributed by atoms with Gasteiger partial charge in [0.05, 0.1) is 13.7 Å². The number of nitrogens with zero attached hydrogens (tertiary/aromatic N) is 2. The monoisotopic (exact) mass is 387 g/mol. The third-order valence-corrected chi connectivity index (χ3v) is 5.55. The maximum atomic E-state index is 12.4. The first-order valence-corrected chi connectivity index (χ1v) is 10.6. The first-order chi connectivity index (χ1) is 13.7. The van der Waals surface area contributed by atoms with E-state index < -0.39 is 0 Å². The van der Waals surface area contributed by atoms with Gasteiger partial charge >= 0.3 is 0 Å². The molecule has 0 atom stereocenters. The minimum absolute atomic E-state index is 0.0719. The van der Waals surface area contributed by atoms with Crippen LogP contribution in [0.2, 0.25) is 0 Å². The van der Waals surface area contributed by atoms with Crippen LogP contribution in [-0.2, 0) is 16.1 Å². The Morgan fingerprint density at radius 2 is 2.00 bits per heavy atom. The molecule has 6 heteroatoms. The van der Waals surface area contributed by atoms with E-state index in [-0.39, 0.29) is 11.8 Å². The molecule has 0 spiro atoms. The second-order valence-corrected chi connectivity index (χ2v) is 7.88. The van der Waals surface area contributed by atoms with E-state index in [0.717, 1.165) is 51.1 Å². The largest absolute Gasteiger partial charge is 0.497 e. The third-order valence-electron chi connectivity index (χ3n) is 5.55. The SMILES string of the molecule is COc1ccc(CN(CC(=O)NCCCN2CCCCCC2=O)C2CC2)cc1. The van der Waals surface area contributed by atoms with Crippen molar-refractivity contribution in [3.8, 4) is 5.75 Å². The van der Waals surface area contributed by atoms with Gasteiger partial charge in [-0.25, -0.2) is 0 Å². The zero-order valence-electron chi connectivity index (χ0n) is 17.0. The molecule has 0 aromatic heterocycles. The number of ether oxygens (including phenoxy) is 1. The molecule has 0 unspecified atom stereocenters. The van der Waals surface area contributed by atoms with Crippen molar-refractivity contribution in [2.75, 3.05) is 33.3 Å². The van der Waals surface area contributed by atoms with Gasteiger partial charge in [-0.2, -0.15) is 0 Å². The summed E-state index contributed by atoms with van der Waals surface area (Å²) in [6, 6.07) is 8.56. The lowest BCUT2D eigenvalue weighted by atomic mass is 10.2. The van der Waals surface area contributed by atoms with E-state index in [0.29, 0.717) is 25.6 Å². The predicted octanol–water partition coefficient (Wildman–Crippen LogP) is 2.57. The van der Waals surface area contributed by atoms with Gasteiger partial charge in [0.2, 0.25) is 11.8 Å². The fourth-order valence-electron chi connectivity index (χ4n) is 3.73. The van der Waals surface area contributed by atoms with Crippen molar-refractivity contribution in [3.05, 3.63) is 29.8 Å². The lowest BCUT2D eigenvalue weighted by Crippen LogP contribution is -2.39. The number of likely N-dealkylation sites (tertiary alicyclic amines) is 1. The molecule has 3 rings (SSSR count). The Labute approximate surface area is 168 Å². The quantitative estimate of drug-likeness (QED) is 0.627. The van der Waals surface area contributed by atoms with Crippen molar-refractivity contribution < 1.29 is 14.3 Å². The number of carbonyl (C=O) groups excluding carboxylic acids is 2. The highest BCUT2D eigenvalue weighted by Gasteiger charge is 2.30. The molecule has 154 valence electrons. The number of methoxy groups -OCH3 is 1. The Bertz CT molecular complexity index is 643. The van der Waals surface area contributed by atoms with Gasteiger partial charge in [-0.15, -0.1) is 0 Å². The predicted molar refractivity (Wildman–Crippen MR) is 109 cm³/mol. The molecule has 1 N–H and O–H groups in total. The van der Waals surface area contributed by atoms with Gasteiger partial charge in [0.1, 0.15) is 5.75 Å². The molecule has 1 aromatic rings. The minimum atomic E-state index is 0.0719. The molecule has 0 radical (unpaired) electrons. The molecule has 2 amide bonds. The number of nitrogens with one attached hydrogen (secondary N) is 1. The van der Waals surface area contributed by atoms with E-state index >= 15 is 0 Å². The third kappa shape index (κ3) is 6.51. The second-order valence-electron chi connectivity index (χ2n) is 7.88. The number of hydrogen-bond donors (Lipinski definition) is 1. The summed E-state index contributed by atoms with van der Waals surface area (Å²) in [5, 5.41) is 3.03. The van der Waals surface area contributed by atoms with Gasteiger partial charge in [0, 0.05) is 38.6 Å². The standard InChI is InChI=1S/C22H33N3O3/c1-28-20-11-7-18(8-12-20)16-25(19-9-10-19)17-21(26)23-13-5-15-24-14-4-2-3-6-22(24)27/h7-8,11-12,19H,2-6,9-10,13-17H2,1H3,(H,23,26). The van der Waals surface area contributed by atoms with Crippen LogP contribution in [0, 0.1) is 0 Å². The van der Waals surface area contributed by atoms with Crippen LogP contribution >= 0.6 is 0 Å². The smallest absolute Gasteiger partial charge is 0.234 e. The highest BCUT2D eigenvalue weighted by molar-refractivity contribution is 5.78. The Morgan fingerprint density at radius 3 is 2.71 bits per heavy atom. The highest BCUT2D eigenvalue weighted by atomic mass is 16.5. The fourth-order valence-corrected chi connectivity index (χ4v) is 3.73. The summed E-state index contributed by atoms with van der Waals surface area (Å²) in [6.45, 7) is 3.45. The van der Waals surface area contributed by atoms with Crippen LogP contribution in [0.5, 0.6) is 5.75 Å². The summed E-state index contributed by atoms with van der Waals surface area (Å²) in [4.78, 5) is 28.6. The van der Waals surface area contributed by atoms with Crippen LogP contribution in [0.4, 0.5) is 0 Å². The van der Waals surface area contributed by atoms with Gasteiger partial charge < -0.3 is 15.0 Å². The molecule has 2 aliphatic rings. The Balaban J connectivity index is 1.38. The van der Waals surface area contributed by atoms with E-state index in [9.17, 15) is 9.59 Å². The summed E-state index contributed by atoms with van der Waals surface area (Å²) >= 11 is 0. The molecule has 6 nitrogen and oxygen atoms in total. The summed E-state index contributed by atoms with van der Waals surface area (Å²) in [5.41, 5.74) is 1.19. The van der Waals surface area contributed by atoms with Crippen molar-refractivity contribution in [1.82, 2.24) is 15.1 Å². The van der Waals surface area contributed by atoms with Crippen LogP contribution in [0.25, 0.3) is 0 Å². The summed E-state index contributed by atoms with van der Waals surface area (Å²) in [5.74, 6) is 1.19. The van der Waals surface area contributed by atoms with Crippen molar-refractivity contribution in [3.63, 3.8) is 0 Å². The summed E-state index contributed by atoms with van der Waals surface area (Å²) in [6.07, 6.45) is 7.08. The van der Waals surface area contributed by atoms with E-state index in [1.807, 2.05) is 17.0 Å². The number of rotatable bonds is 10. The normalized spacial score (nSPS) is 17.5. The van der Waals surface area contributed by atoms with E-state index in [1.54, 1.807) is 7.11 Å². The maximum absolute atomic E-state index is 12.4. The molecule has 1 aliphatic heterocycles. The highest BCUT2D eigenvalue weighted by Crippen LogP contribution is 2.28. The molecule has 1 heterocycles. The lowest BCUT2D eigenvalue weighted by Gasteiger charge is -2.22. The molecule has 1 aromatic carbocycles. The molecule has 2 fully saturated rings. The fraction of sp³-hybridized carbons (Fsp3) is 0.636. The van der Waals surface area contributed by atoms with Crippen LogP contribution < -0.4 is 10.1 Å². The summed E-state index contributed by atoms with van der Waals surface area (Å²) in [7, 11) is 1.67. The average molecular weight is 388 g/mol. The minimum Gasteiger partial charge on any atom is -0.497 e. The van der Waals surface area contributed by atoms with Gasteiger partial charge in [0.25, 0.3) is 0 Å². The van der Waals surface area contributed by atoms with Crippen molar-refractivity contribution in [2.45, 2.75) is 57.5 Å². The molecule has 0 bridgehead atoms. The second kappa shape index (κ2) is 10.5. The number of hydrogen-bond acceptors (Lipinski definition) is 4. The number of amides is 2. The van der Waals surface area contributed by atoms with Crippen LogP contribution in [0.3, 0.4) is 0 Å². The van der Waals surface area contributed by atoms with Gasteiger partial charge in [-0.1, -0.05) is 18.6 Å². The number of benzene rings is 1. The molecular formula is C22H33N3O3. The molecule has 28 heavy (non-hydrogen) atoms. The van der Waals surface area contributed by atoms with Crippen molar-refractivity contribution in [1.29, 1.82) is 0 Å². The van der Waals surface area contributed by atoms with Gasteiger partial charge in [0.15, 0.2) is 0 Å². The van der Waals surface area contributed by atoms with Crippen LogP contribution in [0.1, 0.15) is 50.5 Å². The molecular weight excluding hydrogens is 354 g/mol. The topological polar surface area (TPSA) is 61.9 Å². The van der Waals surface area contributed by atoms with Crippen LogP contribution in [0.15, 0.2) is 24.3 Å². The van der Waals surface area contributed by atoms with E-state index in [1.165, 1.54) is 18.4 Å². The molecule has 1 saturated carbocycles. The lowest BCUT2D eigenvalue weighted by molar-refractivity contribution is -0.130. The Hall–Kier alpha value is -2.08. The van der Waals surface area contributed by atoms with Crippen molar-refractivity contribution >= 4 is 11.8 Å². The average Bonchev–Trinajstić information content (AvgIpc) is 3.55. The maximum Gasteiger partial charge on any atom is 0.234 e. The van der Waals surface area contributed by atoms with E-state index in [2.05, 4.69) is 22.3 Å². The Morgan fingerprint density at radius 1 is 1.21 bits per heavy atom. The van der Waals surface area contributed by atoms with Gasteiger partial charge in [-0.05, 0) is 49.8 Å². The van der Waals surface area contributed by atoms with Crippen molar-refractivity contribution in [2.24, 2.45) is 0 Å². The first kappa shape index (κ1) is 20.6. The zero-order valence-corrected chi connectivity index (χ0v) is 17.0. The molecule has 1 saturated heterocycles. The van der Waals surface area contributed by atoms with E-state index in [4.69, 9.17) is 4.74 Å². The number of carbonyl (C=O) groups is 2. The van der Waals surface area contributed by atoms with Crippen LogP contribution in [-0.4, -0.2) is 60.9 Å². The van der Waals surface area contributed by atoms with Gasteiger partial charge in [-0.3, -0.25) is 14.5 Å². The Kier molecular flexibility index (Phi) is 7.71. The summed E-state index contributed by atoms with van der Waals surface area (Å²) < 4.78 is 5.21.